The van der Waals surface area contributed by atoms with E-state index in [-0.39, 0.29) is 28.3 Å². The summed E-state index contributed by atoms with van der Waals surface area (Å²) in [6, 6.07) is 10.8. The van der Waals surface area contributed by atoms with Gasteiger partial charge in [-0.15, -0.1) is 0 Å². The zero-order chi connectivity index (χ0) is 15.5. The van der Waals surface area contributed by atoms with Crippen molar-refractivity contribution >= 4 is 21.5 Å². The summed E-state index contributed by atoms with van der Waals surface area (Å²) in [4.78, 5) is 7.40. The monoisotopic (exact) mass is 312 g/mol. The number of hydrogen-bond acceptors (Lipinski definition) is 7. The van der Waals surface area contributed by atoms with E-state index >= 15 is 0 Å². The van der Waals surface area contributed by atoms with Gasteiger partial charge in [-0.3, -0.25) is 4.72 Å². The topological polar surface area (TPSA) is 116 Å². The van der Waals surface area contributed by atoms with Crippen molar-refractivity contribution in [1.29, 1.82) is 0 Å². The summed E-state index contributed by atoms with van der Waals surface area (Å²) >= 11 is 0. The van der Waals surface area contributed by atoms with Gasteiger partial charge in [0.25, 0.3) is 10.0 Å². The molecule has 0 amide bonds. The minimum absolute atomic E-state index is 0.0303. The van der Waals surface area contributed by atoms with Gasteiger partial charge in [-0.1, -0.05) is 0 Å². The van der Waals surface area contributed by atoms with Crippen molar-refractivity contribution in [3.63, 3.8) is 0 Å². The lowest BCUT2D eigenvalue weighted by Gasteiger charge is -2.09. The Hall–Kier alpha value is -2.55. The van der Waals surface area contributed by atoms with Crippen LogP contribution in [0.25, 0.3) is 0 Å². The molecule has 1 aromatic carbocycles. The first-order valence-electron chi connectivity index (χ1n) is 5.48. The molecule has 8 nitrogen and oxygen atoms in total. The second-order valence-corrected chi connectivity index (χ2v) is 5.25. The van der Waals surface area contributed by atoms with Crippen LogP contribution in [0.3, 0.4) is 0 Å². The Balaban J connectivity index is 2.34. The highest BCUT2D eigenvalue weighted by Crippen LogP contribution is 2.20. The Bertz CT molecular complexity index is 709. The van der Waals surface area contributed by atoms with Crippen molar-refractivity contribution in [1.82, 2.24) is 9.97 Å². The molecule has 0 aliphatic heterocycles. The molecule has 2 aromatic rings. The summed E-state index contributed by atoms with van der Waals surface area (Å²) in [6.07, 6.45) is 0. The van der Waals surface area contributed by atoms with Crippen LogP contribution < -0.4 is 19.9 Å². The molecule has 2 rings (SSSR count). The number of anilines is 2. The van der Waals surface area contributed by atoms with Crippen LogP contribution in [0.1, 0.15) is 0 Å². The van der Waals surface area contributed by atoms with Gasteiger partial charge in [-0.25, -0.2) is 8.42 Å². The SMILES string of the molecule is COc1cc(NS(=O)(=O)[13c]2[13c][13c][13c](N)[13c][13c]2)nc(OC)n1. The maximum Gasteiger partial charge on any atom is 0.321 e. The van der Waals surface area contributed by atoms with Crippen LogP contribution in [0.15, 0.2) is 11.0 Å². The maximum atomic E-state index is 12.1. The Morgan fingerprint density at radius 1 is 1.14 bits per heavy atom. The lowest BCUT2D eigenvalue weighted by atomic mass is 10.6. The van der Waals surface area contributed by atoms with E-state index in [2.05, 4.69) is 39.0 Å². The number of methoxy groups -OCH3 is 2. The molecular formula is C12H10N4O4S. The number of rotatable bonds is 5. The molecule has 4 radical (unpaired) electrons. The first-order chi connectivity index (χ1) is 9.94. The molecule has 1 heterocycles. The average molecular weight is 312 g/mol. The number of sulfonamides is 1. The van der Waals surface area contributed by atoms with Crippen molar-refractivity contribution in [3.05, 3.63) is 30.3 Å². The van der Waals surface area contributed by atoms with Gasteiger partial charge in [0.15, 0.2) is 5.82 Å². The van der Waals surface area contributed by atoms with Gasteiger partial charge in [0.05, 0.1) is 14.2 Å². The molecule has 0 atom stereocenters. The van der Waals surface area contributed by atoms with Crippen LogP contribution >= 0.6 is 0 Å². The lowest BCUT2D eigenvalue weighted by Crippen LogP contribution is -2.15. The Morgan fingerprint density at radius 3 is 2.38 bits per heavy atom. The predicted molar refractivity (Wildman–Crippen MR) is 72.1 cm³/mol. The summed E-state index contributed by atoms with van der Waals surface area (Å²) < 4.78 is 36.2. The molecule has 1 aromatic heterocycles. The zero-order valence-electron chi connectivity index (χ0n) is 11.1. The van der Waals surface area contributed by atoms with Gasteiger partial charge >= 0.3 is 6.01 Å². The highest BCUT2D eigenvalue weighted by Gasteiger charge is 2.17. The minimum atomic E-state index is -3.96. The largest absolute Gasteiger partial charge is 0.481 e. The summed E-state index contributed by atoms with van der Waals surface area (Å²) in [5.41, 5.74) is 5.47. The molecule has 0 aliphatic rings. The van der Waals surface area contributed by atoms with E-state index in [9.17, 15) is 8.42 Å². The van der Waals surface area contributed by atoms with E-state index in [0.717, 1.165) is 0 Å². The number of hydrogen-bond donors (Lipinski definition) is 2. The molecule has 0 saturated carbocycles. The van der Waals surface area contributed by atoms with Crippen LogP contribution in [0.4, 0.5) is 11.5 Å². The molecule has 0 unspecified atom stereocenters. The molecule has 21 heavy (non-hydrogen) atoms. The third-order valence-corrected chi connectivity index (χ3v) is 3.42. The molecule has 108 valence electrons. The zero-order valence-corrected chi connectivity index (χ0v) is 11.9. The Labute approximate surface area is 122 Å². The molecule has 0 aliphatic carbocycles. The third kappa shape index (κ3) is 3.51. The number of nitrogens with one attached hydrogen (secondary N) is 1. The fourth-order valence-electron chi connectivity index (χ4n) is 1.29. The average Bonchev–Trinajstić information content (AvgIpc) is 2.46. The highest BCUT2D eigenvalue weighted by atomic mass is 32.2. The number of aromatic nitrogens is 2. The molecule has 0 fully saturated rings. The van der Waals surface area contributed by atoms with E-state index in [1.54, 1.807) is 0 Å². The normalized spacial score (nSPS) is 11.0. The van der Waals surface area contributed by atoms with Gasteiger partial charge < -0.3 is 15.2 Å². The summed E-state index contributed by atoms with van der Waals surface area (Å²) in [5.74, 6) is 0.111. The van der Waals surface area contributed by atoms with E-state index in [4.69, 9.17) is 15.2 Å². The van der Waals surface area contributed by atoms with Crippen molar-refractivity contribution in [2.75, 3.05) is 24.7 Å². The number of ether oxygens (including phenoxy) is 2. The molecule has 9 heteroatoms. The van der Waals surface area contributed by atoms with Crippen molar-refractivity contribution in [2.24, 2.45) is 0 Å². The van der Waals surface area contributed by atoms with Crippen molar-refractivity contribution in [2.45, 2.75) is 4.90 Å². The first kappa shape index (κ1) is 14.9. The van der Waals surface area contributed by atoms with Gasteiger partial charge in [0.1, 0.15) is 4.90 Å². The van der Waals surface area contributed by atoms with Gasteiger partial charge in [-0.05, 0) is 0 Å². The number of benzene rings is 1. The van der Waals surface area contributed by atoms with E-state index in [1.807, 2.05) is 0 Å². The Kier molecular flexibility index (Phi) is 4.13. The smallest absolute Gasteiger partial charge is 0.321 e. The minimum Gasteiger partial charge on any atom is -0.481 e. The molecule has 0 saturated heterocycles. The highest BCUT2D eigenvalue weighted by molar-refractivity contribution is 7.92. The molecule has 0 bridgehead atoms. The fourth-order valence-corrected chi connectivity index (χ4v) is 2.14. The molecular weight excluding hydrogens is 302 g/mol. The summed E-state index contributed by atoms with van der Waals surface area (Å²) in [6.45, 7) is 0. The Morgan fingerprint density at radius 2 is 1.81 bits per heavy atom. The van der Waals surface area contributed by atoms with E-state index in [1.165, 1.54) is 20.3 Å². The van der Waals surface area contributed by atoms with Gasteiger partial charge in [-0.2, -0.15) is 9.97 Å². The van der Waals surface area contributed by atoms with Gasteiger partial charge in [0.2, 0.25) is 5.88 Å². The second kappa shape index (κ2) is 5.83. The van der Waals surface area contributed by atoms with Crippen LogP contribution in [-0.4, -0.2) is 32.6 Å². The van der Waals surface area contributed by atoms with Crippen molar-refractivity contribution in [3.8, 4) is 11.9 Å². The van der Waals surface area contributed by atoms with Crippen LogP contribution in [0.2, 0.25) is 0 Å². The lowest BCUT2D eigenvalue weighted by molar-refractivity contribution is 0.353. The maximum absolute atomic E-state index is 12.1. The van der Waals surface area contributed by atoms with Crippen LogP contribution in [-0.2, 0) is 10.0 Å². The molecule has 0 spiro atoms. The standard InChI is InChI=1S/C12H10N4O4S/c1-19-11-7-10(14-12(15-11)20-2)16-21(17,18)9-5-3-8(13)4-6-9/h7H,13H2,1-2H3,(H,14,15,16)/i3+1,4+1,5+1,6+1,8+1,9+1. The van der Waals surface area contributed by atoms with Gasteiger partial charge in [0, 0.05) is 36.0 Å². The third-order valence-electron chi connectivity index (χ3n) is 2.20. The molecule has 3 N–H and O–H groups in total. The van der Waals surface area contributed by atoms with E-state index in [0.29, 0.717) is 0 Å². The first-order valence-corrected chi connectivity index (χ1v) is 6.96. The van der Waals surface area contributed by atoms with E-state index < -0.39 is 10.0 Å². The quantitative estimate of drug-likeness (QED) is 0.751. The number of nitrogen functional groups attached to an aromatic ring is 1. The fraction of sp³-hybridized carbons (Fsp3) is 0.167. The number of nitrogens with two attached hydrogens (primary N) is 1. The second-order valence-electron chi connectivity index (χ2n) is 3.63. The van der Waals surface area contributed by atoms with Crippen molar-refractivity contribution < 1.29 is 17.9 Å². The predicted octanol–water partition coefficient (Wildman–Crippen LogP) is 0.0776. The van der Waals surface area contributed by atoms with Crippen LogP contribution in [0, 0.1) is 24.3 Å². The summed E-state index contributed by atoms with van der Waals surface area (Å²) in [5, 5.41) is 0. The van der Waals surface area contributed by atoms with Crippen LogP contribution in [0.5, 0.6) is 11.9 Å². The summed E-state index contributed by atoms with van der Waals surface area (Å²) in [7, 11) is -1.23. The number of nitrogens with zero attached hydrogens (tertiary/aromatic N) is 2.